The van der Waals surface area contributed by atoms with Crippen LogP contribution in [0.15, 0.2) is 52.8 Å². The summed E-state index contributed by atoms with van der Waals surface area (Å²) in [4.78, 5) is 4.75. The smallest absolute Gasteiger partial charge is 0.183 e. The van der Waals surface area contributed by atoms with Gasteiger partial charge in [0.1, 0.15) is 5.65 Å². The third-order valence-corrected chi connectivity index (χ3v) is 4.04. The van der Waals surface area contributed by atoms with Crippen LogP contribution in [-0.2, 0) is 5.41 Å². The highest BCUT2D eigenvalue weighted by Crippen LogP contribution is 2.33. The predicted molar refractivity (Wildman–Crippen MR) is 94.0 cm³/mol. The van der Waals surface area contributed by atoms with Crippen LogP contribution >= 0.6 is 0 Å². The average Bonchev–Trinajstić information content (AvgIpc) is 2.88. The first-order valence-corrected chi connectivity index (χ1v) is 7.83. The van der Waals surface area contributed by atoms with Crippen molar-refractivity contribution in [2.75, 3.05) is 0 Å². The van der Waals surface area contributed by atoms with Crippen molar-refractivity contribution in [3.8, 4) is 0 Å². The second kappa shape index (κ2) is 5.61. The lowest BCUT2D eigenvalue weighted by Crippen LogP contribution is -2.11. The lowest BCUT2D eigenvalue weighted by Gasteiger charge is -2.15. The van der Waals surface area contributed by atoms with Crippen molar-refractivity contribution in [3.63, 3.8) is 0 Å². The van der Waals surface area contributed by atoms with Crippen LogP contribution in [0.1, 0.15) is 37.6 Å². The van der Waals surface area contributed by atoms with E-state index in [1.165, 1.54) is 5.56 Å². The molecule has 1 aromatic carbocycles. The van der Waals surface area contributed by atoms with Crippen LogP contribution in [0.5, 0.6) is 0 Å². The van der Waals surface area contributed by atoms with Crippen molar-refractivity contribution in [3.05, 3.63) is 59.4 Å². The molecule has 0 fully saturated rings. The van der Waals surface area contributed by atoms with E-state index in [1.54, 1.807) is 0 Å². The minimum absolute atomic E-state index is 0.0952. The van der Waals surface area contributed by atoms with Crippen molar-refractivity contribution in [1.82, 2.24) is 9.38 Å². The van der Waals surface area contributed by atoms with E-state index in [4.69, 9.17) is 4.98 Å². The summed E-state index contributed by atoms with van der Waals surface area (Å²) in [6.07, 6.45) is 1.98. The van der Waals surface area contributed by atoms with Gasteiger partial charge in [-0.3, -0.25) is 4.40 Å². The topological polar surface area (TPSA) is 42.0 Å². The maximum atomic E-state index is 4.75. The zero-order chi connectivity index (χ0) is 16.6. The normalized spacial score (nSPS) is 12.4. The van der Waals surface area contributed by atoms with Gasteiger partial charge < -0.3 is 0 Å². The van der Waals surface area contributed by atoms with E-state index in [-0.39, 0.29) is 5.41 Å². The summed E-state index contributed by atoms with van der Waals surface area (Å²) in [5, 5.41) is 9.06. The van der Waals surface area contributed by atoms with E-state index in [0.717, 1.165) is 28.4 Å². The summed E-state index contributed by atoms with van der Waals surface area (Å²) in [5.41, 5.74) is 5.03. The third-order valence-electron chi connectivity index (χ3n) is 4.04. The molecule has 3 aromatic rings. The van der Waals surface area contributed by atoms with Crippen LogP contribution in [0.25, 0.3) is 5.65 Å². The summed E-state index contributed by atoms with van der Waals surface area (Å²) in [6.45, 7) is 10.6. The van der Waals surface area contributed by atoms with Gasteiger partial charge in [-0.25, -0.2) is 4.98 Å². The molecule has 0 spiro atoms. The molecule has 0 saturated heterocycles. The van der Waals surface area contributed by atoms with Gasteiger partial charge in [-0.05, 0) is 43.2 Å². The fourth-order valence-electron chi connectivity index (χ4n) is 2.53. The molecule has 0 unspecified atom stereocenters. The van der Waals surface area contributed by atoms with Gasteiger partial charge >= 0.3 is 0 Å². The Morgan fingerprint density at radius 1 is 0.957 bits per heavy atom. The highest BCUT2D eigenvalue weighted by atomic mass is 15.2. The molecular formula is C19H22N4. The van der Waals surface area contributed by atoms with Crippen LogP contribution < -0.4 is 0 Å². The number of aromatic nitrogens is 2. The maximum absolute atomic E-state index is 4.75. The van der Waals surface area contributed by atoms with E-state index in [9.17, 15) is 0 Å². The van der Waals surface area contributed by atoms with E-state index in [2.05, 4.69) is 50.9 Å². The van der Waals surface area contributed by atoms with Gasteiger partial charge in [-0.1, -0.05) is 39.0 Å². The molecule has 2 aromatic heterocycles. The molecule has 3 rings (SSSR count). The molecule has 0 radical (unpaired) electrons. The first kappa shape index (κ1) is 15.4. The van der Waals surface area contributed by atoms with Gasteiger partial charge in [-0.15, -0.1) is 10.2 Å². The van der Waals surface area contributed by atoms with Crippen LogP contribution in [0.4, 0.5) is 11.5 Å². The number of imidazole rings is 1. The zero-order valence-electron chi connectivity index (χ0n) is 14.3. The van der Waals surface area contributed by atoms with Crippen molar-refractivity contribution >= 4 is 17.2 Å². The van der Waals surface area contributed by atoms with Gasteiger partial charge in [-0.2, -0.15) is 0 Å². The minimum atomic E-state index is -0.0952. The van der Waals surface area contributed by atoms with Crippen molar-refractivity contribution in [2.45, 2.75) is 40.0 Å². The Morgan fingerprint density at radius 3 is 2.48 bits per heavy atom. The molecule has 118 valence electrons. The largest absolute Gasteiger partial charge is 0.283 e. The quantitative estimate of drug-likeness (QED) is 0.563. The second-order valence-corrected chi connectivity index (χ2v) is 6.88. The Labute approximate surface area is 136 Å². The van der Waals surface area contributed by atoms with E-state index in [1.807, 2.05) is 40.9 Å². The number of fused-ring (bicyclic) bond motifs is 1. The Balaban J connectivity index is 2.15. The van der Waals surface area contributed by atoms with Crippen LogP contribution in [0.2, 0.25) is 0 Å². The number of aryl methyl sites for hydroxylation is 1. The Morgan fingerprint density at radius 2 is 1.74 bits per heavy atom. The number of rotatable bonds is 2. The molecule has 4 heteroatoms. The molecule has 0 N–H and O–H groups in total. The molecule has 2 heterocycles. The zero-order valence-corrected chi connectivity index (χ0v) is 14.3. The number of benzene rings is 1. The minimum Gasteiger partial charge on any atom is -0.283 e. The lowest BCUT2D eigenvalue weighted by atomic mass is 9.92. The highest BCUT2D eigenvalue weighted by molar-refractivity contribution is 5.55. The fourth-order valence-corrected chi connectivity index (χ4v) is 2.53. The summed E-state index contributed by atoms with van der Waals surface area (Å²) in [6, 6.07) is 12.1. The van der Waals surface area contributed by atoms with E-state index in [0.29, 0.717) is 0 Å². The number of hydrogen-bond acceptors (Lipinski definition) is 3. The number of azo groups is 1. The molecule has 23 heavy (non-hydrogen) atoms. The summed E-state index contributed by atoms with van der Waals surface area (Å²) in [5.74, 6) is 0.800. The molecule has 0 aliphatic rings. The van der Waals surface area contributed by atoms with Crippen LogP contribution in [0, 0.1) is 13.8 Å². The Kier molecular flexibility index (Phi) is 3.76. The second-order valence-electron chi connectivity index (χ2n) is 6.88. The van der Waals surface area contributed by atoms with E-state index < -0.39 is 0 Å². The number of pyridine rings is 1. The molecule has 0 amide bonds. The molecular weight excluding hydrogens is 284 g/mol. The van der Waals surface area contributed by atoms with Crippen LogP contribution in [0.3, 0.4) is 0 Å². The average molecular weight is 306 g/mol. The Bertz CT molecular complexity index is 882. The molecule has 0 atom stereocenters. The summed E-state index contributed by atoms with van der Waals surface area (Å²) in [7, 11) is 0. The van der Waals surface area contributed by atoms with Gasteiger partial charge in [0.15, 0.2) is 5.82 Å². The number of hydrogen-bond donors (Lipinski definition) is 0. The molecule has 0 bridgehead atoms. The number of nitrogens with zero attached hydrogens (tertiary/aromatic N) is 4. The first-order chi connectivity index (χ1) is 10.9. The lowest BCUT2D eigenvalue weighted by molar-refractivity contribution is 0.574. The van der Waals surface area contributed by atoms with Crippen LogP contribution in [-0.4, -0.2) is 9.38 Å². The molecule has 4 nitrogen and oxygen atoms in total. The SMILES string of the molecule is Cc1cccc(N=Nc2c(C(C)(C)C)nc3ccccn23)c1C. The molecule has 0 aliphatic carbocycles. The third kappa shape index (κ3) is 2.89. The monoisotopic (exact) mass is 306 g/mol. The Hall–Kier alpha value is -2.49. The summed E-state index contributed by atoms with van der Waals surface area (Å²) >= 11 is 0. The van der Waals surface area contributed by atoms with Gasteiger partial charge in [0.25, 0.3) is 0 Å². The standard InChI is InChI=1S/C19H22N4/c1-13-9-8-10-15(14(13)2)21-22-18-17(19(3,4)5)20-16-11-6-7-12-23(16)18/h6-12H,1-5H3. The van der Waals surface area contributed by atoms with Gasteiger partial charge in [0, 0.05) is 11.6 Å². The highest BCUT2D eigenvalue weighted by Gasteiger charge is 2.24. The van der Waals surface area contributed by atoms with Gasteiger partial charge in [0.2, 0.25) is 0 Å². The van der Waals surface area contributed by atoms with E-state index >= 15 is 0 Å². The first-order valence-electron chi connectivity index (χ1n) is 7.83. The maximum Gasteiger partial charge on any atom is 0.183 e. The fraction of sp³-hybridized carbons (Fsp3) is 0.316. The van der Waals surface area contributed by atoms with Crippen molar-refractivity contribution in [2.24, 2.45) is 10.2 Å². The van der Waals surface area contributed by atoms with Crippen molar-refractivity contribution < 1.29 is 0 Å². The predicted octanol–water partition coefficient (Wildman–Crippen LogP) is 5.66. The molecule has 0 saturated carbocycles. The van der Waals surface area contributed by atoms with Gasteiger partial charge in [0.05, 0.1) is 11.4 Å². The summed E-state index contributed by atoms with van der Waals surface area (Å²) < 4.78 is 2.00. The van der Waals surface area contributed by atoms with Crippen molar-refractivity contribution in [1.29, 1.82) is 0 Å². The molecule has 0 aliphatic heterocycles.